The molecule has 19 heavy (non-hydrogen) atoms. The van der Waals surface area contributed by atoms with Crippen LogP contribution >= 0.6 is 0 Å². The van der Waals surface area contributed by atoms with E-state index < -0.39 is 17.2 Å². The molecule has 102 valence electrons. The van der Waals surface area contributed by atoms with E-state index in [0.717, 1.165) is 12.1 Å². The van der Waals surface area contributed by atoms with E-state index in [0.29, 0.717) is 5.56 Å². The summed E-state index contributed by atoms with van der Waals surface area (Å²) in [6.45, 7) is 1.57. The third-order valence-corrected chi connectivity index (χ3v) is 2.62. The summed E-state index contributed by atoms with van der Waals surface area (Å²) in [6, 6.07) is 3.30. The molecule has 0 bridgehead atoms. The second-order valence-electron chi connectivity index (χ2n) is 4.52. The standard InChI is InChI=1S/C12H13F2N3O2/c1-12(18,6-15)5-10-16-11(17-19-10)7-2-3-8(13)9(14)4-7/h2-4,18H,5-6,15H2,1H3. The fraction of sp³-hybridized carbons (Fsp3) is 0.333. The van der Waals surface area contributed by atoms with Gasteiger partial charge in [-0.3, -0.25) is 0 Å². The summed E-state index contributed by atoms with van der Waals surface area (Å²) in [5.41, 5.74) is 4.52. The molecule has 0 aliphatic heterocycles. The molecule has 0 aliphatic rings. The molecule has 7 heteroatoms. The molecule has 0 amide bonds. The summed E-state index contributed by atoms with van der Waals surface area (Å²) in [4.78, 5) is 4.00. The van der Waals surface area contributed by atoms with Crippen LogP contribution in [0.25, 0.3) is 11.4 Å². The van der Waals surface area contributed by atoms with Crippen molar-refractivity contribution in [3.63, 3.8) is 0 Å². The van der Waals surface area contributed by atoms with Crippen LogP contribution in [-0.4, -0.2) is 27.4 Å². The highest BCUT2D eigenvalue weighted by Crippen LogP contribution is 2.20. The van der Waals surface area contributed by atoms with Crippen LogP contribution in [0.3, 0.4) is 0 Å². The largest absolute Gasteiger partial charge is 0.388 e. The topological polar surface area (TPSA) is 85.2 Å². The Hall–Kier alpha value is -1.86. The van der Waals surface area contributed by atoms with Gasteiger partial charge in [0, 0.05) is 12.1 Å². The van der Waals surface area contributed by atoms with Crippen LogP contribution in [0.4, 0.5) is 8.78 Å². The molecular formula is C12H13F2N3O2. The van der Waals surface area contributed by atoms with Gasteiger partial charge in [0.25, 0.3) is 0 Å². The first-order valence-corrected chi connectivity index (χ1v) is 5.62. The maximum Gasteiger partial charge on any atom is 0.229 e. The first kappa shape index (κ1) is 13.6. The van der Waals surface area contributed by atoms with Crippen LogP contribution in [0, 0.1) is 11.6 Å². The Bertz CT molecular complexity index is 584. The lowest BCUT2D eigenvalue weighted by Crippen LogP contribution is -2.36. The van der Waals surface area contributed by atoms with Crippen molar-refractivity contribution >= 4 is 0 Å². The molecule has 2 aromatic rings. The molecule has 0 saturated carbocycles. The summed E-state index contributed by atoms with van der Waals surface area (Å²) in [7, 11) is 0. The van der Waals surface area contributed by atoms with E-state index in [2.05, 4.69) is 10.1 Å². The lowest BCUT2D eigenvalue weighted by atomic mass is 10.0. The molecule has 0 radical (unpaired) electrons. The number of nitrogens with two attached hydrogens (primary N) is 1. The molecule has 0 saturated heterocycles. The van der Waals surface area contributed by atoms with Crippen molar-refractivity contribution in [3.8, 4) is 11.4 Å². The zero-order chi connectivity index (χ0) is 14.0. The maximum absolute atomic E-state index is 13.1. The van der Waals surface area contributed by atoms with Crippen LogP contribution in [0.1, 0.15) is 12.8 Å². The van der Waals surface area contributed by atoms with Crippen molar-refractivity contribution in [3.05, 3.63) is 35.7 Å². The van der Waals surface area contributed by atoms with E-state index in [1.807, 2.05) is 0 Å². The average molecular weight is 269 g/mol. The van der Waals surface area contributed by atoms with Crippen LogP contribution in [0.15, 0.2) is 22.7 Å². The Labute approximate surface area is 108 Å². The summed E-state index contributed by atoms with van der Waals surface area (Å²) in [5, 5.41) is 13.4. The summed E-state index contributed by atoms with van der Waals surface area (Å²) >= 11 is 0. The number of aliphatic hydroxyl groups is 1. The number of rotatable bonds is 4. The molecule has 0 spiro atoms. The highest BCUT2D eigenvalue weighted by molar-refractivity contribution is 5.54. The van der Waals surface area contributed by atoms with E-state index in [1.165, 1.54) is 13.0 Å². The molecule has 0 aliphatic carbocycles. The van der Waals surface area contributed by atoms with E-state index in [-0.39, 0.29) is 24.7 Å². The zero-order valence-corrected chi connectivity index (χ0v) is 10.2. The first-order chi connectivity index (χ1) is 8.91. The van der Waals surface area contributed by atoms with Gasteiger partial charge in [-0.25, -0.2) is 8.78 Å². The lowest BCUT2D eigenvalue weighted by Gasteiger charge is -2.17. The van der Waals surface area contributed by atoms with Crippen molar-refractivity contribution in [1.82, 2.24) is 10.1 Å². The SMILES string of the molecule is CC(O)(CN)Cc1nc(-c2ccc(F)c(F)c2)no1. The highest BCUT2D eigenvalue weighted by Gasteiger charge is 2.23. The van der Waals surface area contributed by atoms with Crippen molar-refractivity contribution < 1.29 is 18.4 Å². The van der Waals surface area contributed by atoms with Crippen molar-refractivity contribution in [2.45, 2.75) is 18.9 Å². The molecular weight excluding hydrogens is 256 g/mol. The predicted octanol–water partition coefficient (Wildman–Crippen LogP) is 1.27. The van der Waals surface area contributed by atoms with Crippen LogP contribution in [0.5, 0.6) is 0 Å². The summed E-state index contributed by atoms with van der Waals surface area (Å²) in [5.74, 6) is -1.63. The molecule has 5 nitrogen and oxygen atoms in total. The van der Waals surface area contributed by atoms with Crippen LogP contribution in [0.2, 0.25) is 0 Å². The number of halogens is 2. The number of aromatic nitrogens is 2. The number of hydrogen-bond acceptors (Lipinski definition) is 5. The van der Waals surface area contributed by atoms with Crippen LogP contribution in [-0.2, 0) is 6.42 Å². The minimum Gasteiger partial charge on any atom is -0.388 e. The van der Waals surface area contributed by atoms with Gasteiger partial charge in [-0.05, 0) is 25.1 Å². The number of hydrogen-bond donors (Lipinski definition) is 2. The van der Waals surface area contributed by atoms with Crippen LogP contribution < -0.4 is 5.73 Å². The Morgan fingerprint density at radius 1 is 1.37 bits per heavy atom. The minimum absolute atomic E-state index is 0.0376. The third kappa shape index (κ3) is 3.12. The number of nitrogens with zero attached hydrogens (tertiary/aromatic N) is 2. The Morgan fingerprint density at radius 3 is 2.74 bits per heavy atom. The van der Waals surface area contributed by atoms with Crippen molar-refractivity contribution in [1.29, 1.82) is 0 Å². The molecule has 1 aromatic heterocycles. The zero-order valence-electron chi connectivity index (χ0n) is 10.2. The van der Waals surface area contributed by atoms with Gasteiger partial charge >= 0.3 is 0 Å². The van der Waals surface area contributed by atoms with Gasteiger partial charge in [-0.1, -0.05) is 5.16 Å². The van der Waals surface area contributed by atoms with Gasteiger partial charge < -0.3 is 15.4 Å². The fourth-order valence-electron chi connectivity index (χ4n) is 1.48. The molecule has 0 fully saturated rings. The van der Waals surface area contributed by atoms with Gasteiger partial charge in [-0.15, -0.1) is 0 Å². The first-order valence-electron chi connectivity index (χ1n) is 5.62. The highest BCUT2D eigenvalue weighted by atomic mass is 19.2. The Kier molecular flexibility index (Phi) is 3.59. The molecule has 1 aromatic carbocycles. The number of benzene rings is 1. The van der Waals surface area contributed by atoms with E-state index >= 15 is 0 Å². The quantitative estimate of drug-likeness (QED) is 0.873. The predicted molar refractivity (Wildman–Crippen MR) is 63.0 cm³/mol. The van der Waals surface area contributed by atoms with E-state index in [1.54, 1.807) is 0 Å². The van der Waals surface area contributed by atoms with Gasteiger partial charge in [0.2, 0.25) is 11.7 Å². The summed E-state index contributed by atoms with van der Waals surface area (Å²) in [6.07, 6.45) is 0.0835. The molecule has 1 unspecified atom stereocenters. The Balaban J connectivity index is 2.23. The lowest BCUT2D eigenvalue weighted by molar-refractivity contribution is 0.0610. The van der Waals surface area contributed by atoms with Gasteiger partial charge in [0.15, 0.2) is 11.6 Å². The second kappa shape index (κ2) is 5.02. The van der Waals surface area contributed by atoms with Crippen molar-refractivity contribution in [2.75, 3.05) is 6.54 Å². The van der Waals surface area contributed by atoms with Crippen molar-refractivity contribution in [2.24, 2.45) is 5.73 Å². The molecule has 2 rings (SSSR count). The maximum atomic E-state index is 13.1. The molecule has 3 N–H and O–H groups in total. The summed E-state index contributed by atoms with van der Waals surface area (Å²) < 4.78 is 30.8. The molecule has 1 atom stereocenters. The Morgan fingerprint density at radius 2 is 2.11 bits per heavy atom. The fourth-order valence-corrected chi connectivity index (χ4v) is 1.48. The smallest absolute Gasteiger partial charge is 0.229 e. The van der Waals surface area contributed by atoms with Gasteiger partial charge in [0.1, 0.15) is 0 Å². The monoisotopic (exact) mass is 269 g/mol. The van der Waals surface area contributed by atoms with Gasteiger partial charge in [-0.2, -0.15) is 4.98 Å². The normalized spacial score (nSPS) is 14.4. The van der Waals surface area contributed by atoms with E-state index in [4.69, 9.17) is 10.3 Å². The average Bonchev–Trinajstić information content (AvgIpc) is 2.80. The molecule has 1 heterocycles. The van der Waals surface area contributed by atoms with Gasteiger partial charge in [0.05, 0.1) is 12.0 Å². The minimum atomic E-state index is -1.15. The van der Waals surface area contributed by atoms with E-state index in [9.17, 15) is 13.9 Å². The second-order valence-corrected chi connectivity index (χ2v) is 4.52. The third-order valence-electron chi connectivity index (χ3n) is 2.62.